The predicted octanol–water partition coefficient (Wildman–Crippen LogP) is 5.71. The lowest BCUT2D eigenvalue weighted by atomic mass is 9.94. The van der Waals surface area contributed by atoms with E-state index in [0.29, 0.717) is 32.8 Å². The van der Waals surface area contributed by atoms with Crippen molar-refractivity contribution in [1.29, 1.82) is 0 Å². The van der Waals surface area contributed by atoms with Crippen LogP contribution in [-0.4, -0.2) is 34.7 Å². The van der Waals surface area contributed by atoms with Gasteiger partial charge in [-0.2, -0.15) is 0 Å². The van der Waals surface area contributed by atoms with Crippen molar-refractivity contribution in [3.63, 3.8) is 0 Å². The molecule has 2 aromatic rings. The largest absolute Gasteiger partial charge is 0.493 e. The van der Waals surface area contributed by atoms with Crippen molar-refractivity contribution in [2.75, 3.05) is 13.7 Å². The number of nitro groups is 1. The van der Waals surface area contributed by atoms with Gasteiger partial charge in [0.05, 0.1) is 40.4 Å². The Kier molecular flexibility index (Phi) is 7.46. The smallest absolute Gasteiger partial charge is 0.338 e. The number of nitrogens with zero attached hydrogens (tertiary/aromatic N) is 3. The molecule has 2 aromatic carbocycles. The van der Waals surface area contributed by atoms with E-state index < -0.39 is 16.9 Å². The molecule has 1 atom stereocenters. The molecular formula is C24H22BrN3O6S. The number of aliphatic imine (C=N–C) groups is 1. The number of nitro benzene ring substituents is 1. The molecule has 0 aromatic heterocycles. The topological polar surface area (TPSA) is 104 Å². The van der Waals surface area contributed by atoms with Crippen LogP contribution in [0.25, 0.3) is 0 Å². The molecule has 11 heteroatoms. The van der Waals surface area contributed by atoms with Gasteiger partial charge in [0.2, 0.25) is 0 Å². The lowest BCUT2D eigenvalue weighted by Gasteiger charge is -2.33. The second kappa shape index (κ2) is 10.5. The Morgan fingerprint density at radius 1 is 1.31 bits per heavy atom. The van der Waals surface area contributed by atoms with Crippen LogP contribution in [0.5, 0.6) is 11.5 Å². The van der Waals surface area contributed by atoms with Crippen LogP contribution in [0.4, 0.5) is 5.69 Å². The van der Waals surface area contributed by atoms with Crippen LogP contribution in [0.3, 0.4) is 0 Å². The summed E-state index contributed by atoms with van der Waals surface area (Å²) in [5, 5.41) is 13.7. The standard InChI is InChI=1S/C24H22BrN3O6S/c1-4-33-23(29)20-14(2)26-24-27(8-9-35-24)21(20)16-11-18(25)22(19(12-16)32-3)34-13-15-6-5-7-17(10-15)28(30)31/h5-12,21H,4,13H2,1-3H3/t21-/m1/s1. The monoisotopic (exact) mass is 559 g/mol. The molecule has 0 saturated heterocycles. The van der Waals surface area contributed by atoms with Gasteiger partial charge in [-0.1, -0.05) is 23.9 Å². The predicted molar refractivity (Wildman–Crippen MR) is 136 cm³/mol. The Bertz CT molecular complexity index is 1280. The van der Waals surface area contributed by atoms with Crippen LogP contribution in [0.1, 0.15) is 31.0 Å². The van der Waals surface area contributed by atoms with Crippen LogP contribution in [0.2, 0.25) is 0 Å². The first-order chi connectivity index (χ1) is 16.8. The maximum Gasteiger partial charge on any atom is 0.338 e. The normalized spacial score (nSPS) is 16.6. The Balaban J connectivity index is 1.69. The van der Waals surface area contributed by atoms with E-state index in [-0.39, 0.29) is 18.9 Å². The molecule has 2 heterocycles. The van der Waals surface area contributed by atoms with Gasteiger partial charge >= 0.3 is 5.97 Å². The number of amidine groups is 1. The van der Waals surface area contributed by atoms with Crippen molar-refractivity contribution < 1.29 is 23.9 Å². The highest BCUT2D eigenvalue weighted by molar-refractivity contribution is 9.10. The van der Waals surface area contributed by atoms with Gasteiger partial charge in [0.15, 0.2) is 16.7 Å². The zero-order chi connectivity index (χ0) is 25.1. The molecule has 0 amide bonds. The lowest BCUT2D eigenvalue weighted by Crippen LogP contribution is -2.34. The van der Waals surface area contributed by atoms with Crippen molar-refractivity contribution in [3.8, 4) is 11.5 Å². The van der Waals surface area contributed by atoms with Crippen molar-refractivity contribution >= 4 is 44.5 Å². The number of hydrogen-bond donors (Lipinski definition) is 0. The molecule has 182 valence electrons. The van der Waals surface area contributed by atoms with Gasteiger partial charge < -0.3 is 19.1 Å². The maximum absolute atomic E-state index is 12.9. The first kappa shape index (κ1) is 24.8. The molecule has 0 N–H and O–H groups in total. The summed E-state index contributed by atoms with van der Waals surface area (Å²) in [4.78, 5) is 30.0. The average Bonchev–Trinajstić information content (AvgIpc) is 3.30. The second-order valence-corrected chi connectivity index (χ2v) is 9.30. The van der Waals surface area contributed by atoms with Gasteiger partial charge in [-0.15, -0.1) is 0 Å². The van der Waals surface area contributed by atoms with E-state index in [2.05, 4.69) is 20.9 Å². The molecule has 0 unspecified atom stereocenters. The van der Waals surface area contributed by atoms with Gasteiger partial charge in [0.25, 0.3) is 5.69 Å². The van der Waals surface area contributed by atoms with E-state index in [4.69, 9.17) is 14.2 Å². The van der Waals surface area contributed by atoms with E-state index in [0.717, 1.165) is 10.7 Å². The molecule has 0 saturated carbocycles. The number of fused-ring (bicyclic) bond motifs is 1. The minimum Gasteiger partial charge on any atom is -0.493 e. The molecule has 0 aliphatic carbocycles. The lowest BCUT2D eigenvalue weighted by molar-refractivity contribution is -0.384. The number of carbonyl (C=O) groups is 1. The van der Waals surface area contributed by atoms with E-state index in [1.54, 1.807) is 26.0 Å². The van der Waals surface area contributed by atoms with E-state index >= 15 is 0 Å². The molecule has 0 bridgehead atoms. The summed E-state index contributed by atoms with van der Waals surface area (Å²) in [6.07, 6.45) is 1.88. The fourth-order valence-corrected chi connectivity index (χ4v) is 5.22. The number of carbonyl (C=O) groups excluding carboxylic acids is 1. The quantitative estimate of drug-likeness (QED) is 0.230. The Hall–Kier alpha value is -3.31. The summed E-state index contributed by atoms with van der Waals surface area (Å²) < 4.78 is 17.6. The summed E-state index contributed by atoms with van der Waals surface area (Å²) in [6, 6.07) is 9.46. The summed E-state index contributed by atoms with van der Waals surface area (Å²) in [5.41, 5.74) is 2.46. The van der Waals surface area contributed by atoms with Gasteiger partial charge in [-0.05, 0) is 58.4 Å². The van der Waals surface area contributed by atoms with Crippen LogP contribution < -0.4 is 9.47 Å². The number of allylic oxidation sites excluding steroid dienone is 1. The second-order valence-electron chi connectivity index (χ2n) is 7.58. The van der Waals surface area contributed by atoms with E-state index in [9.17, 15) is 14.9 Å². The highest BCUT2D eigenvalue weighted by Gasteiger charge is 2.38. The molecule has 0 spiro atoms. The van der Waals surface area contributed by atoms with Crippen molar-refractivity contribution in [2.45, 2.75) is 26.5 Å². The van der Waals surface area contributed by atoms with Crippen LogP contribution in [0.15, 0.2) is 68.7 Å². The Morgan fingerprint density at radius 2 is 2.11 bits per heavy atom. The van der Waals surface area contributed by atoms with Crippen molar-refractivity contribution in [1.82, 2.24) is 4.90 Å². The first-order valence-electron chi connectivity index (χ1n) is 10.7. The third kappa shape index (κ3) is 5.06. The van der Waals surface area contributed by atoms with Crippen LogP contribution >= 0.6 is 27.7 Å². The number of benzene rings is 2. The Morgan fingerprint density at radius 3 is 2.83 bits per heavy atom. The van der Waals surface area contributed by atoms with Gasteiger partial charge in [-0.25, -0.2) is 9.79 Å². The fourth-order valence-electron chi connectivity index (χ4n) is 3.85. The highest BCUT2D eigenvalue weighted by atomic mass is 79.9. The number of ether oxygens (including phenoxy) is 3. The number of esters is 1. The fraction of sp³-hybridized carbons (Fsp3) is 0.250. The first-order valence-corrected chi connectivity index (χ1v) is 12.3. The number of methoxy groups -OCH3 is 1. The summed E-state index contributed by atoms with van der Waals surface area (Å²) in [7, 11) is 1.53. The molecule has 2 aliphatic rings. The molecule has 4 rings (SSSR count). The average molecular weight is 560 g/mol. The molecule has 35 heavy (non-hydrogen) atoms. The molecule has 9 nitrogen and oxygen atoms in total. The molecule has 0 fully saturated rings. The third-order valence-corrected chi connectivity index (χ3v) is 6.75. The molecule has 2 aliphatic heterocycles. The minimum absolute atomic E-state index is 0.00700. The van der Waals surface area contributed by atoms with Crippen molar-refractivity contribution in [3.05, 3.63) is 85.0 Å². The zero-order valence-electron chi connectivity index (χ0n) is 19.2. The minimum atomic E-state index is -0.469. The number of halogens is 1. The SMILES string of the molecule is CCOC(=O)C1=C(C)N=C2SC=CN2[C@@H]1c1cc(Br)c(OCc2cccc([N+](=O)[O-])c2)c(OC)c1. The zero-order valence-corrected chi connectivity index (χ0v) is 21.6. The maximum atomic E-state index is 12.9. The molecular weight excluding hydrogens is 538 g/mol. The van der Waals surface area contributed by atoms with Crippen LogP contribution in [-0.2, 0) is 16.1 Å². The van der Waals surface area contributed by atoms with Gasteiger partial charge in [-0.3, -0.25) is 10.1 Å². The van der Waals surface area contributed by atoms with Gasteiger partial charge in [0.1, 0.15) is 6.61 Å². The highest BCUT2D eigenvalue weighted by Crippen LogP contribution is 2.45. The number of thioether (sulfide) groups is 1. The van der Waals surface area contributed by atoms with Crippen LogP contribution in [0, 0.1) is 10.1 Å². The Labute approximate surface area is 214 Å². The number of non-ortho nitro benzene ring substituents is 1. The number of rotatable bonds is 8. The summed E-state index contributed by atoms with van der Waals surface area (Å²) >= 11 is 5.05. The van der Waals surface area contributed by atoms with Crippen molar-refractivity contribution in [2.24, 2.45) is 4.99 Å². The summed E-state index contributed by atoms with van der Waals surface area (Å²) in [6.45, 7) is 3.92. The van der Waals surface area contributed by atoms with Gasteiger partial charge in [0, 0.05) is 18.3 Å². The summed E-state index contributed by atoms with van der Waals surface area (Å²) in [5.74, 6) is 0.460. The number of hydrogen-bond acceptors (Lipinski definition) is 9. The van der Waals surface area contributed by atoms with E-state index in [1.165, 1.54) is 31.0 Å². The third-order valence-electron chi connectivity index (χ3n) is 5.39. The molecule has 0 radical (unpaired) electrons. The van der Waals surface area contributed by atoms with E-state index in [1.807, 2.05) is 28.6 Å².